The molecule has 1 aliphatic rings. The number of rotatable bonds is 1. The Morgan fingerprint density at radius 2 is 2.12 bits per heavy atom. The van der Waals surface area contributed by atoms with E-state index in [9.17, 15) is 4.79 Å². The van der Waals surface area contributed by atoms with E-state index in [0.717, 1.165) is 23.0 Å². The molecule has 128 valence electrons. The zero-order chi connectivity index (χ0) is 17.3. The predicted molar refractivity (Wildman–Crippen MR) is 95.3 cm³/mol. The van der Waals surface area contributed by atoms with Crippen LogP contribution in [0.1, 0.15) is 32.5 Å². The van der Waals surface area contributed by atoms with E-state index in [1.54, 1.807) is 4.90 Å². The Labute approximate surface area is 146 Å². The van der Waals surface area contributed by atoms with Crippen molar-refractivity contribution in [1.29, 1.82) is 0 Å². The van der Waals surface area contributed by atoms with Crippen molar-refractivity contribution in [3.63, 3.8) is 0 Å². The molecule has 6 heteroatoms. The van der Waals surface area contributed by atoms with Crippen LogP contribution in [0.2, 0.25) is 5.15 Å². The summed E-state index contributed by atoms with van der Waals surface area (Å²) < 4.78 is 5.55. The molecule has 0 aliphatic carbocycles. The molecule has 1 atom stereocenters. The van der Waals surface area contributed by atoms with Gasteiger partial charge in [-0.25, -0.2) is 9.78 Å². The smallest absolute Gasteiger partial charge is 0.410 e. The van der Waals surface area contributed by atoms with Gasteiger partial charge in [-0.15, -0.1) is 0 Å². The van der Waals surface area contributed by atoms with Crippen LogP contribution in [0, 0.1) is 0 Å². The summed E-state index contributed by atoms with van der Waals surface area (Å²) >= 11 is 6.35. The standard InChI is InChI=1S/C18H22ClN3O2/c1-18(2,3)24-17(23)22-9-8-20-11-15(22)14-10-12-6-4-5-7-13(12)16(19)21-14/h4-7,10,15,20H,8-9,11H2,1-3H3. The van der Waals surface area contributed by atoms with Gasteiger partial charge in [-0.05, 0) is 32.2 Å². The van der Waals surface area contributed by atoms with Gasteiger partial charge in [0.1, 0.15) is 10.8 Å². The normalized spacial score (nSPS) is 18.7. The zero-order valence-corrected chi connectivity index (χ0v) is 14.9. The Hall–Kier alpha value is -1.85. The van der Waals surface area contributed by atoms with Gasteiger partial charge >= 0.3 is 6.09 Å². The van der Waals surface area contributed by atoms with Gasteiger partial charge in [-0.1, -0.05) is 35.9 Å². The molecule has 0 radical (unpaired) electrons. The van der Waals surface area contributed by atoms with Crippen molar-refractivity contribution in [1.82, 2.24) is 15.2 Å². The van der Waals surface area contributed by atoms with E-state index in [4.69, 9.17) is 16.3 Å². The van der Waals surface area contributed by atoms with Crippen molar-refractivity contribution in [2.45, 2.75) is 32.4 Å². The third-order valence-electron chi connectivity index (χ3n) is 3.93. The number of fused-ring (bicyclic) bond motifs is 1. The summed E-state index contributed by atoms with van der Waals surface area (Å²) in [5.41, 5.74) is 0.248. The topological polar surface area (TPSA) is 54.5 Å². The molecule has 2 aromatic rings. The quantitative estimate of drug-likeness (QED) is 0.798. The number of nitrogens with zero attached hydrogens (tertiary/aromatic N) is 2. The van der Waals surface area contributed by atoms with Crippen LogP contribution in [0.25, 0.3) is 10.8 Å². The number of hydrogen-bond acceptors (Lipinski definition) is 4. The maximum absolute atomic E-state index is 12.6. The summed E-state index contributed by atoms with van der Waals surface area (Å²) in [5, 5.41) is 5.70. The Kier molecular flexibility index (Phi) is 4.65. The van der Waals surface area contributed by atoms with Crippen LogP contribution < -0.4 is 5.32 Å². The van der Waals surface area contributed by atoms with Gasteiger partial charge < -0.3 is 10.1 Å². The highest BCUT2D eigenvalue weighted by Crippen LogP contribution is 2.29. The second-order valence-corrected chi connectivity index (χ2v) is 7.31. The van der Waals surface area contributed by atoms with Crippen molar-refractivity contribution < 1.29 is 9.53 Å². The van der Waals surface area contributed by atoms with E-state index in [2.05, 4.69) is 10.3 Å². The lowest BCUT2D eigenvalue weighted by Crippen LogP contribution is -2.50. The van der Waals surface area contributed by atoms with Crippen LogP contribution in [-0.4, -0.2) is 41.2 Å². The number of benzene rings is 1. The number of ether oxygens (including phenoxy) is 1. The number of pyridine rings is 1. The van der Waals surface area contributed by atoms with E-state index in [-0.39, 0.29) is 12.1 Å². The van der Waals surface area contributed by atoms with Crippen molar-refractivity contribution in [3.05, 3.63) is 41.2 Å². The number of hydrogen-bond donors (Lipinski definition) is 1. The predicted octanol–water partition coefficient (Wildman–Crippen LogP) is 3.77. The third-order valence-corrected chi connectivity index (χ3v) is 4.21. The molecule has 0 bridgehead atoms. The van der Waals surface area contributed by atoms with Crippen LogP contribution in [0.4, 0.5) is 4.79 Å². The maximum atomic E-state index is 12.6. The molecule has 0 spiro atoms. The number of aromatic nitrogens is 1. The summed E-state index contributed by atoms with van der Waals surface area (Å²) in [5.74, 6) is 0. The van der Waals surface area contributed by atoms with E-state index >= 15 is 0 Å². The van der Waals surface area contributed by atoms with Crippen LogP contribution in [0.5, 0.6) is 0 Å². The summed E-state index contributed by atoms with van der Waals surface area (Å²) in [6.45, 7) is 7.54. The molecule has 1 unspecified atom stereocenters. The summed E-state index contributed by atoms with van der Waals surface area (Å²) in [7, 11) is 0. The van der Waals surface area contributed by atoms with Gasteiger partial charge in [0.2, 0.25) is 0 Å². The van der Waals surface area contributed by atoms with Crippen molar-refractivity contribution in [2.75, 3.05) is 19.6 Å². The minimum Gasteiger partial charge on any atom is -0.444 e. The van der Waals surface area contributed by atoms with Crippen LogP contribution >= 0.6 is 11.6 Å². The van der Waals surface area contributed by atoms with Crippen molar-refractivity contribution in [3.8, 4) is 0 Å². The summed E-state index contributed by atoms with van der Waals surface area (Å²) in [6.07, 6.45) is -0.319. The molecule has 1 fully saturated rings. The fourth-order valence-corrected chi connectivity index (χ4v) is 3.12. The monoisotopic (exact) mass is 347 g/mol. The van der Waals surface area contributed by atoms with Crippen LogP contribution in [0.15, 0.2) is 30.3 Å². The largest absolute Gasteiger partial charge is 0.444 e. The first kappa shape index (κ1) is 17.0. The summed E-state index contributed by atoms with van der Waals surface area (Å²) in [6, 6.07) is 9.64. The zero-order valence-electron chi connectivity index (χ0n) is 14.2. The fraction of sp³-hybridized carbons (Fsp3) is 0.444. The number of carbonyl (C=O) groups is 1. The Morgan fingerprint density at radius 3 is 2.88 bits per heavy atom. The lowest BCUT2D eigenvalue weighted by Gasteiger charge is -2.36. The number of carbonyl (C=O) groups excluding carboxylic acids is 1. The number of nitrogens with one attached hydrogen (secondary N) is 1. The number of amides is 1. The molecule has 1 aliphatic heterocycles. The highest BCUT2D eigenvalue weighted by molar-refractivity contribution is 6.34. The Morgan fingerprint density at radius 1 is 1.38 bits per heavy atom. The highest BCUT2D eigenvalue weighted by atomic mass is 35.5. The lowest BCUT2D eigenvalue weighted by atomic mass is 10.1. The molecule has 1 aromatic carbocycles. The highest BCUT2D eigenvalue weighted by Gasteiger charge is 2.32. The molecule has 1 aromatic heterocycles. The van der Waals surface area contributed by atoms with Crippen molar-refractivity contribution >= 4 is 28.5 Å². The van der Waals surface area contributed by atoms with Gasteiger partial charge in [-0.2, -0.15) is 0 Å². The molecule has 1 saturated heterocycles. The van der Waals surface area contributed by atoms with Gasteiger partial charge in [-0.3, -0.25) is 4.90 Å². The van der Waals surface area contributed by atoms with Crippen LogP contribution in [0.3, 0.4) is 0 Å². The first-order valence-corrected chi connectivity index (χ1v) is 8.48. The average molecular weight is 348 g/mol. The average Bonchev–Trinajstić information content (AvgIpc) is 2.53. The van der Waals surface area contributed by atoms with Gasteiger partial charge in [0, 0.05) is 25.0 Å². The Bertz CT molecular complexity index is 758. The van der Waals surface area contributed by atoms with Gasteiger partial charge in [0.25, 0.3) is 0 Å². The lowest BCUT2D eigenvalue weighted by molar-refractivity contribution is 0.0113. The van der Waals surface area contributed by atoms with Crippen molar-refractivity contribution in [2.24, 2.45) is 0 Å². The first-order valence-electron chi connectivity index (χ1n) is 8.11. The Balaban J connectivity index is 1.94. The van der Waals surface area contributed by atoms with Gasteiger partial charge in [0.05, 0.1) is 11.7 Å². The second kappa shape index (κ2) is 6.57. The van der Waals surface area contributed by atoms with Gasteiger partial charge in [0.15, 0.2) is 0 Å². The van der Waals surface area contributed by atoms with Crippen LogP contribution in [-0.2, 0) is 4.74 Å². The molecule has 3 rings (SSSR count). The van der Waals surface area contributed by atoms with E-state index in [1.807, 2.05) is 51.1 Å². The molecule has 1 N–H and O–H groups in total. The molecular formula is C18H22ClN3O2. The minimum absolute atomic E-state index is 0.198. The minimum atomic E-state index is -0.527. The summed E-state index contributed by atoms with van der Waals surface area (Å²) in [4.78, 5) is 18.8. The SMILES string of the molecule is CC(C)(C)OC(=O)N1CCNCC1c1cc2ccccc2c(Cl)n1. The molecule has 2 heterocycles. The first-order chi connectivity index (χ1) is 11.3. The van der Waals surface area contributed by atoms with E-state index in [1.165, 1.54) is 0 Å². The fourth-order valence-electron chi connectivity index (χ4n) is 2.85. The van der Waals surface area contributed by atoms with E-state index in [0.29, 0.717) is 18.2 Å². The maximum Gasteiger partial charge on any atom is 0.410 e. The molecule has 5 nitrogen and oxygen atoms in total. The molecule has 24 heavy (non-hydrogen) atoms. The third kappa shape index (κ3) is 3.62. The number of piperazine rings is 1. The molecular weight excluding hydrogens is 326 g/mol. The number of halogens is 1. The molecule has 0 saturated carbocycles. The van der Waals surface area contributed by atoms with E-state index < -0.39 is 5.60 Å². The second-order valence-electron chi connectivity index (χ2n) is 6.95. The molecule has 1 amide bonds.